The fraction of sp³-hybridized carbons (Fsp3) is 0.188. The summed E-state index contributed by atoms with van der Waals surface area (Å²) in [5, 5.41) is 6.31. The van der Waals surface area contributed by atoms with E-state index in [0.29, 0.717) is 5.75 Å². The van der Waals surface area contributed by atoms with Crippen LogP contribution in [0.4, 0.5) is 0 Å². The Bertz CT molecular complexity index is 703. The van der Waals surface area contributed by atoms with Crippen molar-refractivity contribution in [3.05, 3.63) is 70.7 Å². The Morgan fingerprint density at radius 3 is 2.67 bits per heavy atom. The summed E-state index contributed by atoms with van der Waals surface area (Å²) >= 11 is 1.67. The third kappa shape index (κ3) is 3.31. The summed E-state index contributed by atoms with van der Waals surface area (Å²) in [6.45, 7) is 2.03. The molecule has 0 aliphatic carbocycles. The number of hydrogen-bond donors (Lipinski definition) is 0. The van der Waals surface area contributed by atoms with E-state index in [4.69, 9.17) is 0 Å². The molecular weight excluding hydrogens is 300 g/mol. The van der Waals surface area contributed by atoms with Gasteiger partial charge in [0.05, 0.1) is 10.9 Å². The molecule has 0 fully saturated rings. The van der Waals surface area contributed by atoms with Crippen LogP contribution in [0.5, 0.6) is 0 Å². The Morgan fingerprint density at radius 2 is 2.05 bits per heavy atom. The number of hydrogen-bond acceptors (Lipinski definition) is 3. The quantitative estimate of drug-likeness (QED) is 0.714. The number of benzene rings is 1. The Labute approximate surface area is 130 Å². The molecule has 0 aliphatic heterocycles. The first-order valence-electron chi connectivity index (χ1n) is 6.73. The van der Waals surface area contributed by atoms with E-state index >= 15 is 0 Å². The molecule has 0 aliphatic rings. The summed E-state index contributed by atoms with van der Waals surface area (Å²) in [7, 11) is -0.900. The van der Waals surface area contributed by atoms with Gasteiger partial charge in [0.25, 0.3) is 0 Å². The van der Waals surface area contributed by atoms with Gasteiger partial charge in [-0.15, -0.1) is 11.3 Å². The molecule has 2 atom stereocenters. The van der Waals surface area contributed by atoms with Crippen LogP contribution in [0.25, 0.3) is 5.69 Å². The van der Waals surface area contributed by atoms with Gasteiger partial charge in [-0.25, -0.2) is 4.68 Å². The predicted octanol–water partition coefficient (Wildman–Crippen LogP) is 3.94. The zero-order valence-corrected chi connectivity index (χ0v) is 13.3. The van der Waals surface area contributed by atoms with Crippen molar-refractivity contribution in [1.82, 2.24) is 9.78 Å². The minimum Gasteiger partial charge on any atom is -0.259 e. The monoisotopic (exact) mass is 316 g/mol. The molecule has 0 saturated heterocycles. The van der Waals surface area contributed by atoms with E-state index in [1.807, 2.05) is 65.6 Å². The van der Waals surface area contributed by atoms with E-state index in [1.54, 1.807) is 17.5 Å². The fourth-order valence-corrected chi connectivity index (χ4v) is 4.37. The predicted molar refractivity (Wildman–Crippen MR) is 88.1 cm³/mol. The Morgan fingerprint density at radius 1 is 1.24 bits per heavy atom. The third-order valence-electron chi connectivity index (χ3n) is 3.35. The maximum absolute atomic E-state index is 12.4. The molecule has 2 aromatic heterocycles. The van der Waals surface area contributed by atoms with E-state index in [0.717, 1.165) is 11.3 Å². The molecule has 108 valence electrons. The van der Waals surface area contributed by atoms with Crippen LogP contribution in [-0.2, 0) is 16.6 Å². The van der Waals surface area contributed by atoms with E-state index in [9.17, 15) is 4.21 Å². The topological polar surface area (TPSA) is 34.9 Å². The molecule has 5 heteroatoms. The van der Waals surface area contributed by atoms with Crippen LogP contribution in [0.2, 0.25) is 0 Å². The third-order valence-corrected chi connectivity index (χ3v) is 6.22. The van der Waals surface area contributed by atoms with E-state index in [-0.39, 0.29) is 5.25 Å². The molecule has 1 aromatic carbocycles. The second-order valence-electron chi connectivity index (χ2n) is 4.80. The summed E-state index contributed by atoms with van der Waals surface area (Å²) in [5.74, 6) is 0.582. The van der Waals surface area contributed by atoms with Gasteiger partial charge in [-0.05, 0) is 42.1 Å². The fourth-order valence-electron chi connectivity index (χ4n) is 2.11. The molecule has 0 bridgehead atoms. The lowest BCUT2D eigenvalue weighted by Crippen LogP contribution is -2.04. The molecule has 0 spiro atoms. The first-order chi connectivity index (χ1) is 10.2. The van der Waals surface area contributed by atoms with Gasteiger partial charge in [0.15, 0.2) is 0 Å². The van der Waals surface area contributed by atoms with Gasteiger partial charge in [0.2, 0.25) is 0 Å². The molecule has 3 aromatic rings. The normalized spacial score (nSPS) is 14.0. The Balaban J connectivity index is 1.69. The number of aromatic nitrogens is 2. The van der Waals surface area contributed by atoms with Crippen LogP contribution < -0.4 is 0 Å². The van der Waals surface area contributed by atoms with Crippen LogP contribution >= 0.6 is 11.3 Å². The minimum atomic E-state index is -0.900. The van der Waals surface area contributed by atoms with E-state index < -0.39 is 10.8 Å². The van der Waals surface area contributed by atoms with Gasteiger partial charge in [-0.3, -0.25) is 4.21 Å². The molecule has 21 heavy (non-hydrogen) atoms. The van der Waals surface area contributed by atoms with Crippen LogP contribution in [0.15, 0.2) is 60.2 Å². The molecule has 0 N–H and O–H groups in total. The molecule has 0 unspecified atom stereocenters. The lowest BCUT2D eigenvalue weighted by Gasteiger charge is -2.10. The van der Waals surface area contributed by atoms with Crippen molar-refractivity contribution in [2.45, 2.75) is 17.9 Å². The van der Waals surface area contributed by atoms with Crippen molar-refractivity contribution >= 4 is 22.1 Å². The maximum Gasteiger partial charge on any atom is 0.0665 e. The van der Waals surface area contributed by atoms with Crippen molar-refractivity contribution in [3.63, 3.8) is 0 Å². The average molecular weight is 316 g/mol. The first-order valence-corrected chi connectivity index (χ1v) is 9.00. The van der Waals surface area contributed by atoms with Crippen molar-refractivity contribution in [1.29, 1.82) is 0 Å². The van der Waals surface area contributed by atoms with Gasteiger partial charge in [-0.1, -0.05) is 18.2 Å². The molecule has 3 nitrogen and oxygen atoms in total. The Hall–Kier alpha value is -1.72. The highest BCUT2D eigenvalue weighted by molar-refractivity contribution is 7.84. The number of rotatable bonds is 5. The van der Waals surface area contributed by atoms with E-state index in [2.05, 4.69) is 5.10 Å². The van der Waals surface area contributed by atoms with Gasteiger partial charge >= 0.3 is 0 Å². The van der Waals surface area contributed by atoms with Crippen LogP contribution in [0, 0.1) is 0 Å². The zero-order chi connectivity index (χ0) is 14.7. The summed E-state index contributed by atoms with van der Waals surface area (Å²) in [5.41, 5.74) is 2.11. The summed E-state index contributed by atoms with van der Waals surface area (Å²) < 4.78 is 14.2. The SMILES string of the molecule is C[C@H](c1cccs1)[S@@](=O)Cc1ccc(-n2cccn2)cc1. The summed E-state index contributed by atoms with van der Waals surface area (Å²) in [4.78, 5) is 1.18. The molecule has 2 heterocycles. The van der Waals surface area contributed by atoms with Crippen LogP contribution in [0.1, 0.15) is 22.6 Å². The second kappa shape index (κ2) is 6.37. The van der Waals surface area contributed by atoms with E-state index in [1.165, 1.54) is 4.88 Å². The largest absolute Gasteiger partial charge is 0.259 e. The molecule has 0 radical (unpaired) electrons. The summed E-state index contributed by atoms with van der Waals surface area (Å²) in [6, 6.07) is 14.0. The smallest absolute Gasteiger partial charge is 0.0665 e. The van der Waals surface area contributed by atoms with Gasteiger partial charge in [0, 0.05) is 33.8 Å². The standard InChI is InChI=1S/C16H16N2OS2/c1-13(16-4-2-11-20-16)21(19)12-14-5-7-15(8-6-14)18-10-3-9-17-18/h2-11,13H,12H2,1H3/t13-,21+/m1/s1. The Kier molecular flexibility index (Phi) is 4.31. The van der Waals surface area contributed by atoms with Crippen molar-refractivity contribution < 1.29 is 4.21 Å². The number of thiophene rings is 1. The molecule has 0 saturated carbocycles. The van der Waals surface area contributed by atoms with Crippen LogP contribution in [-0.4, -0.2) is 14.0 Å². The lowest BCUT2D eigenvalue weighted by atomic mass is 10.2. The first kappa shape index (κ1) is 14.2. The van der Waals surface area contributed by atoms with Crippen molar-refractivity contribution in [2.75, 3.05) is 0 Å². The molecule has 3 rings (SSSR count). The molecular formula is C16H16N2OS2. The van der Waals surface area contributed by atoms with Gasteiger partial charge in [0.1, 0.15) is 0 Å². The van der Waals surface area contributed by atoms with Crippen molar-refractivity contribution in [2.24, 2.45) is 0 Å². The lowest BCUT2D eigenvalue weighted by molar-refractivity contribution is 0.676. The highest BCUT2D eigenvalue weighted by Crippen LogP contribution is 2.26. The maximum atomic E-state index is 12.4. The second-order valence-corrected chi connectivity index (χ2v) is 7.54. The number of nitrogens with zero attached hydrogens (tertiary/aromatic N) is 2. The van der Waals surface area contributed by atoms with Gasteiger partial charge < -0.3 is 0 Å². The summed E-state index contributed by atoms with van der Waals surface area (Å²) in [6.07, 6.45) is 3.66. The van der Waals surface area contributed by atoms with Crippen LogP contribution in [0.3, 0.4) is 0 Å². The highest BCUT2D eigenvalue weighted by Gasteiger charge is 2.14. The zero-order valence-electron chi connectivity index (χ0n) is 11.7. The van der Waals surface area contributed by atoms with Gasteiger partial charge in [-0.2, -0.15) is 5.10 Å². The molecule has 0 amide bonds. The highest BCUT2D eigenvalue weighted by atomic mass is 32.2. The minimum absolute atomic E-state index is 0.0794. The van der Waals surface area contributed by atoms with Crippen molar-refractivity contribution in [3.8, 4) is 5.69 Å². The average Bonchev–Trinajstić information content (AvgIpc) is 3.20.